The van der Waals surface area contributed by atoms with E-state index < -0.39 is 0 Å². The molecular weight excluding hydrogens is 307 g/mol. The van der Waals surface area contributed by atoms with E-state index in [0.717, 1.165) is 43.0 Å². The van der Waals surface area contributed by atoms with E-state index >= 15 is 0 Å². The molecule has 7 heteroatoms. The average molecular weight is 322 g/mol. The molecule has 0 spiro atoms. The molecule has 2 rings (SSSR count). The fourth-order valence-electron chi connectivity index (χ4n) is 1.89. The Morgan fingerprint density at radius 2 is 2.00 bits per heavy atom. The second-order valence-corrected chi connectivity index (χ2v) is 5.01. The average Bonchev–Trinajstić information content (AvgIpc) is 2.34. The lowest BCUT2D eigenvalue weighted by Gasteiger charge is -2.35. The highest BCUT2D eigenvalue weighted by Crippen LogP contribution is 2.29. The number of hydrogen-bond acceptors (Lipinski definition) is 5. The standard InChI is InChI=1S/C10H14BrClN4O/c11-8-9(12)13-7-14-10(8)16-3-1-15(2-4-16)5-6-17/h7,17H,1-6H2. The summed E-state index contributed by atoms with van der Waals surface area (Å²) < 4.78 is 0.747. The van der Waals surface area contributed by atoms with Gasteiger partial charge in [0.1, 0.15) is 17.3 Å². The van der Waals surface area contributed by atoms with Gasteiger partial charge in [-0.1, -0.05) is 11.6 Å². The van der Waals surface area contributed by atoms with Crippen molar-refractivity contribution in [1.29, 1.82) is 0 Å². The maximum absolute atomic E-state index is 8.88. The van der Waals surface area contributed by atoms with Crippen molar-refractivity contribution in [1.82, 2.24) is 14.9 Å². The van der Waals surface area contributed by atoms with Crippen LogP contribution in [-0.2, 0) is 0 Å². The Morgan fingerprint density at radius 3 is 2.65 bits per heavy atom. The van der Waals surface area contributed by atoms with Crippen molar-refractivity contribution in [2.45, 2.75) is 0 Å². The van der Waals surface area contributed by atoms with Crippen LogP contribution in [0.3, 0.4) is 0 Å². The molecule has 0 aromatic carbocycles. The third-order valence-electron chi connectivity index (χ3n) is 2.82. The van der Waals surface area contributed by atoms with Crippen molar-refractivity contribution in [2.75, 3.05) is 44.2 Å². The monoisotopic (exact) mass is 320 g/mol. The molecule has 0 radical (unpaired) electrons. The number of anilines is 1. The number of hydrogen-bond donors (Lipinski definition) is 1. The first-order chi connectivity index (χ1) is 8.22. The Morgan fingerprint density at radius 1 is 1.29 bits per heavy atom. The lowest BCUT2D eigenvalue weighted by atomic mass is 10.3. The van der Waals surface area contributed by atoms with Gasteiger partial charge >= 0.3 is 0 Å². The quantitative estimate of drug-likeness (QED) is 0.842. The Kier molecular flexibility index (Phi) is 4.55. The molecule has 5 nitrogen and oxygen atoms in total. The number of rotatable bonds is 3. The molecule has 0 aliphatic carbocycles. The molecule has 1 fully saturated rings. The molecule has 1 aliphatic heterocycles. The molecule has 1 aliphatic rings. The molecule has 0 saturated carbocycles. The summed E-state index contributed by atoms with van der Waals surface area (Å²) in [5.41, 5.74) is 0. The predicted octanol–water partition coefficient (Wildman–Crippen LogP) is 1.01. The van der Waals surface area contributed by atoms with Gasteiger partial charge in [0.25, 0.3) is 0 Å². The second kappa shape index (κ2) is 5.95. The van der Waals surface area contributed by atoms with Gasteiger partial charge in [-0.3, -0.25) is 4.90 Å². The summed E-state index contributed by atoms with van der Waals surface area (Å²) in [6.07, 6.45) is 1.47. The summed E-state index contributed by atoms with van der Waals surface area (Å²) in [7, 11) is 0. The Balaban J connectivity index is 2.03. The Labute approximate surface area is 114 Å². The molecule has 94 valence electrons. The first-order valence-electron chi connectivity index (χ1n) is 5.46. The largest absolute Gasteiger partial charge is 0.395 e. The summed E-state index contributed by atoms with van der Waals surface area (Å²) in [6.45, 7) is 4.56. The molecule has 0 unspecified atom stereocenters. The van der Waals surface area contributed by atoms with Gasteiger partial charge in [0, 0.05) is 32.7 Å². The van der Waals surface area contributed by atoms with Crippen LogP contribution in [0, 0.1) is 0 Å². The summed E-state index contributed by atoms with van der Waals surface area (Å²) in [4.78, 5) is 12.6. The molecule has 1 N–H and O–H groups in total. The van der Waals surface area contributed by atoms with Gasteiger partial charge in [-0.15, -0.1) is 0 Å². The van der Waals surface area contributed by atoms with Gasteiger partial charge < -0.3 is 10.0 Å². The van der Waals surface area contributed by atoms with E-state index in [1.807, 2.05) is 0 Å². The molecule has 0 amide bonds. The summed E-state index contributed by atoms with van der Waals surface area (Å²) in [5.74, 6) is 0.841. The van der Waals surface area contributed by atoms with Crippen molar-refractivity contribution >= 4 is 33.3 Å². The predicted molar refractivity (Wildman–Crippen MR) is 70.5 cm³/mol. The van der Waals surface area contributed by atoms with Gasteiger partial charge in [0.2, 0.25) is 0 Å². The zero-order valence-corrected chi connectivity index (χ0v) is 11.7. The van der Waals surface area contributed by atoms with Crippen LogP contribution in [0.4, 0.5) is 5.82 Å². The minimum atomic E-state index is 0.211. The number of aliphatic hydroxyl groups is 1. The maximum Gasteiger partial charge on any atom is 0.148 e. The van der Waals surface area contributed by atoms with E-state index in [-0.39, 0.29) is 6.61 Å². The van der Waals surface area contributed by atoms with Gasteiger partial charge in [-0.05, 0) is 15.9 Å². The normalized spacial score (nSPS) is 17.5. The van der Waals surface area contributed by atoms with E-state index in [0.29, 0.717) is 5.15 Å². The summed E-state index contributed by atoms with van der Waals surface area (Å²) in [5, 5.41) is 9.32. The minimum Gasteiger partial charge on any atom is -0.395 e. The van der Waals surface area contributed by atoms with Crippen molar-refractivity contribution in [3.8, 4) is 0 Å². The first kappa shape index (κ1) is 13.0. The minimum absolute atomic E-state index is 0.211. The van der Waals surface area contributed by atoms with E-state index in [2.05, 4.69) is 35.7 Å². The highest BCUT2D eigenvalue weighted by molar-refractivity contribution is 9.10. The van der Waals surface area contributed by atoms with Crippen LogP contribution in [0.25, 0.3) is 0 Å². The van der Waals surface area contributed by atoms with E-state index in [1.54, 1.807) is 0 Å². The molecule has 0 atom stereocenters. The molecule has 0 bridgehead atoms. The SMILES string of the molecule is OCCN1CCN(c2ncnc(Cl)c2Br)CC1. The molecule has 1 aromatic rings. The summed E-state index contributed by atoms with van der Waals surface area (Å²) in [6, 6.07) is 0. The van der Waals surface area contributed by atoms with E-state index in [9.17, 15) is 0 Å². The van der Waals surface area contributed by atoms with Crippen LogP contribution >= 0.6 is 27.5 Å². The highest BCUT2D eigenvalue weighted by atomic mass is 79.9. The Hall–Kier alpha value is -0.430. The van der Waals surface area contributed by atoms with Crippen LogP contribution in [0.2, 0.25) is 5.15 Å². The highest BCUT2D eigenvalue weighted by Gasteiger charge is 2.20. The van der Waals surface area contributed by atoms with Crippen molar-refractivity contribution in [3.63, 3.8) is 0 Å². The molecule has 17 heavy (non-hydrogen) atoms. The van der Waals surface area contributed by atoms with Crippen molar-refractivity contribution in [2.24, 2.45) is 0 Å². The molecule has 1 aromatic heterocycles. The lowest BCUT2D eigenvalue weighted by Crippen LogP contribution is -2.47. The topological polar surface area (TPSA) is 52.5 Å². The smallest absolute Gasteiger partial charge is 0.148 e. The lowest BCUT2D eigenvalue weighted by molar-refractivity contribution is 0.188. The molecule has 2 heterocycles. The van der Waals surface area contributed by atoms with Crippen molar-refractivity contribution in [3.05, 3.63) is 16.0 Å². The van der Waals surface area contributed by atoms with Gasteiger partial charge in [-0.2, -0.15) is 0 Å². The fraction of sp³-hybridized carbons (Fsp3) is 0.600. The van der Waals surface area contributed by atoms with Gasteiger partial charge in [0.15, 0.2) is 0 Å². The van der Waals surface area contributed by atoms with Crippen LogP contribution in [-0.4, -0.2) is 59.3 Å². The fourth-order valence-corrected chi connectivity index (χ4v) is 2.47. The first-order valence-corrected chi connectivity index (χ1v) is 6.63. The number of β-amino-alcohol motifs (C(OH)–C–C–N with tert-alkyl or cyclic N) is 1. The number of aliphatic hydroxyl groups excluding tert-OH is 1. The third-order valence-corrected chi connectivity index (χ3v) is 4.06. The Bertz CT molecular complexity index is 385. The maximum atomic E-state index is 8.88. The van der Waals surface area contributed by atoms with Crippen LogP contribution in [0.15, 0.2) is 10.8 Å². The molecule has 1 saturated heterocycles. The second-order valence-electron chi connectivity index (χ2n) is 3.85. The van der Waals surface area contributed by atoms with Crippen LogP contribution < -0.4 is 4.90 Å². The zero-order chi connectivity index (χ0) is 12.3. The summed E-state index contributed by atoms with van der Waals surface area (Å²) >= 11 is 9.35. The number of piperazine rings is 1. The van der Waals surface area contributed by atoms with E-state index in [1.165, 1.54) is 6.33 Å². The van der Waals surface area contributed by atoms with Gasteiger partial charge in [-0.25, -0.2) is 9.97 Å². The number of aromatic nitrogens is 2. The van der Waals surface area contributed by atoms with Crippen LogP contribution in [0.5, 0.6) is 0 Å². The van der Waals surface area contributed by atoms with Crippen LogP contribution in [0.1, 0.15) is 0 Å². The third kappa shape index (κ3) is 3.07. The number of nitrogens with zero attached hydrogens (tertiary/aromatic N) is 4. The van der Waals surface area contributed by atoms with E-state index in [4.69, 9.17) is 16.7 Å². The number of halogens is 2. The zero-order valence-electron chi connectivity index (χ0n) is 9.31. The van der Waals surface area contributed by atoms with Crippen molar-refractivity contribution < 1.29 is 5.11 Å². The van der Waals surface area contributed by atoms with Gasteiger partial charge in [0.05, 0.1) is 11.1 Å². The molecular formula is C10H14BrClN4O.